The second-order valence-corrected chi connectivity index (χ2v) is 5.96. The molecule has 0 aliphatic carbocycles. The average Bonchev–Trinajstić information content (AvgIpc) is 2.74. The molecule has 0 saturated carbocycles. The minimum absolute atomic E-state index is 0.143. The Hall–Kier alpha value is -3.73. The summed E-state index contributed by atoms with van der Waals surface area (Å²) < 4.78 is 5.20. The quantitative estimate of drug-likeness (QED) is 0.580. The monoisotopic (exact) mass is 355 g/mol. The summed E-state index contributed by atoms with van der Waals surface area (Å²) in [5.41, 5.74) is 3.66. The highest BCUT2D eigenvalue weighted by Crippen LogP contribution is 2.28. The maximum absolute atomic E-state index is 10.0. The zero-order valence-corrected chi connectivity index (χ0v) is 14.7. The number of nitrogens with zero attached hydrogens (tertiary/aromatic N) is 3. The smallest absolute Gasteiger partial charge is 0.167 e. The maximum Gasteiger partial charge on any atom is 0.167 e. The third kappa shape index (κ3) is 3.48. The number of rotatable bonds is 4. The lowest BCUT2D eigenvalue weighted by atomic mass is 10.0. The molecule has 0 saturated heterocycles. The summed E-state index contributed by atoms with van der Waals surface area (Å²) in [5.74, 6) is 1.98. The Kier molecular flexibility index (Phi) is 4.49. The van der Waals surface area contributed by atoms with Gasteiger partial charge in [-0.1, -0.05) is 48.5 Å². The van der Waals surface area contributed by atoms with E-state index in [4.69, 9.17) is 4.74 Å². The average molecular weight is 355 g/mol. The lowest BCUT2D eigenvalue weighted by molar-refractivity contribution is 0.415. The summed E-state index contributed by atoms with van der Waals surface area (Å²) in [4.78, 5) is 13.0. The van der Waals surface area contributed by atoms with E-state index in [-0.39, 0.29) is 5.75 Å². The molecule has 4 aromatic rings. The molecule has 0 radical (unpaired) electrons. The topological polar surface area (TPSA) is 68.1 Å². The molecule has 1 heterocycles. The van der Waals surface area contributed by atoms with Gasteiger partial charge in [0.25, 0.3) is 0 Å². The second kappa shape index (κ2) is 7.25. The molecule has 27 heavy (non-hydrogen) atoms. The van der Waals surface area contributed by atoms with Gasteiger partial charge in [-0.15, -0.1) is 0 Å². The normalized spacial score (nSPS) is 10.6. The lowest BCUT2D eigenvalue weighted by Gasteiger charge is -2.07. The Morgan fingerprint density at radius 1 is 0.704 bits per heavy atom. The fraction of sp³-hybridized carbons (Fsp3) is 0.0455. The number of phenols is 1. The van der Waals surface area contributed by atoms with Gasteiger partial charge in [-0.2, -0.15) is 0 Å². The van der Waals surface area contributed by atoms with Gasteiger partial charge in [-0.25, -0.2) is 15.0 Å². The van der Waals surface area contributed by atoms with Crippen LogP contribution in [0.3, 0.4) is 0 Å². The molecule has 5 nitrogen and oxygen atoms in total. The number of hydrogen-bond acceptors (Lipinski definition) is 5. The molecule has 5 heteroatoms. The van der Waals surface area contributed by atoms with E-state index in [1.54, 1.807) is 25.3 Å². The largest absolute Gasteiger partial charge is 0.507 e. The maximum atomic E-state index is 10.0. The van der Waals surface area contributed by atoms with Gasteiger partial charge < -0.3 is 9.84 Å². The van der Waals surface area contributed by atoms with E-state index >= 15 is 0 Å². The van der Waals surface area contributed by atoms with Crippen LogP contribution in [0.1, 0.15) is 0 Å². The van der Waals surface area contributed by atoms with Gasteiger partial charge in [0.1, 0.15) is 17.8 Å². The Labute approximate surface area is 157 Å². The third-order valence-corrected chi connectivity index (χ3v) is 4.28. The molecule has 0 bridgehead atoms. The summed E-state index contributed by atoms with van der Waals surface area (Å²) in [7, 11) is 1.65. The van der Waals surface area contributed by atoms with Crippen molar-refractivity contribution in [2.75, 3.05) is 7.11 Å². The van der Waals surface area contributed by atoms with Crippen LogP contribution in [0, 0.1) is 0 Å². The van der Waals surface area contributed by atoms with Crippen molar-refractivity contribution >= 4 is 0 Å². The van der Waals surface area contributed by atoms with Crippen molar-refractivity contribution in [2.45, 2.75) is 0 Å². The van der Waals surface area contributed by atoms with Crippen molar-refractivity contribution in [3.05, 3.63) is 79.1 Å². The standard InChI is InChI=1S/C22H17N3O2/c1-27-18-12-10-16(11-13-18)15-6-8-17(9-7-15)21-23-14-24-22(25-21)19-4-2-3-5-20(19)26/h2-14,26H,1H3. The molecule has 0 spiro atoms. The highest BCUT2D eigenvalue weighted by molar-refractivity contribution is 5.69. The molecule has 3 aromatic carbocycles. The highest BCUT2D eigenvalue weighted by Gasteiger charge is 2.09. The number of benzene rings is 3. The molecular weight excluding hydrogens is 338 g/mol. The first-order valence-electron chi connectivity index (χ1n) is 8.47. The molecule has 0 aliphatic heterocycles. The molecular formula is C22H17N3O2. The SMILES string of the molecule is COc1ccc(-c2ccc(-c3ncnc(-c4ccccc4O)n3)cc2)cc1. The first-order chi connectivity index (χ1) is 13.2. The van der Waals surface area contributed by atoms with Gasteiger partial charge in [0.2, 0.25) is 0 Å². The molecule has 0 amide bonds. The fourth-order valence-electron chi connectivity index (χ4n) is 2.82. The zero-order valence-electron chi connectivity index (χ0n) is 14.7. The molecule has 1 aromatic heterocycles. The van der Waals surface area contributed by atoms with Crippen molar-refractivity contribution in [3.63, 3.8) is 0 Å². The number of phenolic OH excluding ortho intramolecular Hbond substituents is 1. The number of hydrogen-bond donors (Lipinski definition) is 1. The molecule has 132 valence electrons. The Bertz CT molecular complexity index is 1060. The number of para-hydroxylation sites is 1. The Balaban J connectivity index is 1.64. The predicted octanol–water partition coefficient (Wildman–Crippen LogP) is 4.59. The van der Waals surface area contributed by atoms with Gasteiger partial charge in [0.15, 0.2) is 11.6 Å². The number of methoxy groups -OCH3 is 1. The number of aromatic nitrogens is 3. The van der Waals surface area contributed by atoms with E-state index in [2.05, 4.69) is 15.0 Å². The first kappa shape index (κ1) is 16.7. The van der Waals surface area contributed by atoms with Gasteiger partial charge in [-0.3, -0.25) is 0 Å². The van der Waals surface area contributed by atoms with Crippen molar-refractivity contribution in [1.29, 1.82) is 0 Å². The minimum atomic E-state index is 0.143. The molecule has 1 N–H and O–H groups in total. The first-order valence-corrected chi connectivity index (χ1v) is 8.47. The van der Waals surface area contributed by atoms with E-state index in [1.807, 2.05) is 54.6 Å². The molecule has 0 unspecified atom stereocenters. The van der Waals surface area contributed by atoms with Crippen LogP contribution in [0.2, 0.25) is 0 Å². The summed E-state index contributed by atoms with van der Waals surface area (Å²) in [6.45, 7) is 0. The zero-order chi connectivity index (χ0) is 18.6. The van der Waals surface area contributed by atoms with Crippen LogP contribution in [0.25, 0.3) is 33.9 Å². The molecule has 0 aliphatic rings. The summed E-state index contributed by atoms with van der Waals surface area (Å²) in [5, 5.41) is 10.0. The predicted molar refractivity (Wildman–Crippen MR) is 104 cm³/mol. The van der Waals surface area contributed by atoms with Crippen LogP contribution in [0.4, 0.5) is 0 Å². The van der Waals surface area contributed by atoms with Gasteiger partial charge in [-0.05, 0) is 35.4 Å². The van der Waals surface area contributed by atoms with E-state index in [0.717, 1.165) is 22.4 Å². The third-order valence-electron chi connectivity index (χ3n) is 4.28. The number of ether oxygens (including phenoxy) is 1. The van der Waals surface area contributed by atoms with E-state index in [0.29, 0.717) is 17.2 Å². The Morgan fingerprint density at radius 2 is 1.30 bits per heavy atom. The molecule has 4 rings (SSSR count). The van der Waals surface area contributed by atoms with Crippen molar-refractivity contribution in [2.24, 2.45) is 0 Å². The molecule has 0 fully saturated rings. The summed E-state index contributed by atoms with van der Waals surface area (Å²) >= 11 is 0. The van der Waals surface area contributed by atoms with Crippen molar-refractivity contribution < 1.29 is 9.84 Å². The molecule has 0 atom stereocenters. The van der Waals surface area contributed by atoms with E-state index < -0.39 is 0 Å². The number of aromatic hydroxyl groups is 1. The van der Waals surface area contributed by atoms with Crippen LogP contribution in [0.15, 0.2) is 79.1 Å². The fourth-order valence-corrected chi connectivity index (χ4v) is 2.82. The van der Waals surface area contributed by atoms with Crippen LogP contribution >= 0.6 is 0 Å². The second-order valence-electron chi connectivity index (χ2n) is 5.96. The van der Waals surface area contributed by atoms with Gasteiger partial charge >= 0.3 is 0 Å². The van der Waals surface area contributed by atoms with Gasteiger partial charge in [0.05, 0.1) is 12.7 Å². The summed E-state index contributed by atoms with van der Waals surface area (Å²) in [6.07, 6.45) is 1.46. The Morgan fingerprint density at radius 3 is 1.96 bits per heavy atom. The lowest BCUT2D eigenvalue weighted by Crippen LogP contribution is -1.95. The minimum Gasteiger partial charge on any atom is -0.507 e. The van der Waals surface area contributed by atoms with Crippen LogP contribution in [0.5, 0.6) is 11.5 Å². The van der Waals surface area contributed by atoms with Crippen LogP contribution in [-0.4, -0.2) is 27.2 Å². The van der Waals surface area contributed by atoms with Crippen LogP contribution < -0.4 is 4.74 Å². The van der Waals surface area contributed by atoms with E-state index in [1.165, 1.54) is 6.33 Å². The van der Waals surface area contributed by atoms with Crippen LogP contribution in [-0.2, 0) is 0 Å². The van der Waals surface area contributed by atoms with Crippen molar-refractivity contribution in [1.82, 2.24) is 15.0 Å². The highest BCUT2D eigenvalue weighted by atomic mass is 16.5. The summed E-state index contributed by atoms with van der Waals surface area (Å²) in [6, 6.07) is 22.9. The van der Waals surface area contributed by atoms with E-state index in [9.17, 15) is 5.11 Å². The van der Waals surface area contributed by atoms with Gasteiger partial charge in [0, 0.05) is 5.56 Å². The van der Waals surface area contributed by atoms with Crippen molar-refractivity contribution in [3.8, 4) is 45.4 Å².